The zero-order valence-electron chi connectivity index (χ0n) is 11.1. The number of esters is 2. The van der Waals surface area contributed by atoms with Crippen molar-refractivity contribution in [3.8, 4) is 0 Å². The van der Waals surface area contributed by atoms with Crippen LogP contribution in [0.3, 0.4) is 0 Å². The average molecular weight is 272 g/mol. The second-order valence-electron chi connectivity index (χ2n) is 4.33. The van der Waals surface area contributed by atoms with E-state index in [-0.39, 0.29) is 11.9 Å². The molecule has 0 N–H and O–H groups in total. The molecule has 0 aromatic rings. The zero-order chi connectivity index (χ0) is 14.2. The minimum atomic E-state index is -0.316. The maximum Gasteiger partial charge on any atom is 0.313 e. The molecule has 2 saturated carbocycles. The highest BCUT2D eigenvalue weighted by Gasteiger charge is 2.26. The van der Waals surface area contributed by atoms with Crippen molar-refractivity contribution in [1.82, 2.24) is 0 Å². The first-order valence-corrected chi connectivity index (χ1v) is 6.55. The highest BCUT2D eigenvalue weighted by molar-refractivity contribution is 5.91. The topological polar surface area (TPSA) is 52.6 Å². The van der Waals surface area contributed by atoms with Crippen molar-refractivity contribution in [2.45, 2.75) is 12.8 Å². The fourth-order valence-electron chi connectivity index (χ4n) is 1.72. The molecular formula is C16H16O4. The molecule has 10 radical (unpaired) electrons. The molecule has 0 amide bonds. The van der Waals surface area contributed by atoms with Crippen molar-refractivity contribution in [2.24, 2.45) is 0 Å². The minimum absolute atomic E-state index is 0.316. The molecule has 0 atom stereocenters. The van der Waals surface area contributed by atoms with Crippen LogP contribution < -0.4 is 0 Å². The van der Waals surface area contributed by atoms with Gasteiger partial charge < -0.3 is 9.47 Å². The first kappa shape index (κ1) is 15.3. The lowest BCUT2D eigenvalue weighted by Crippen LogP contribution is -2.16. The minimum Gasteiger partial charge on any atom is -0.465 e. The zero-order valence-corrected chi connectivity index (χ0v) is 11.1. The maximum absolute atomic E-state index is 11.5. The van der Waals surface area contributed by atoms with Gasteiger partial charge in [0, 0.05) is 0 Å². The molecule has 4 nitrogen and oxygen atoms in total. The van der Waals surface area contributed by atoms with Gasteiger partial charge in [-0.15, -0.1) is 0 Å². The van der Waals surface area contributed by atoms with Gasteiger partial charge in [-0.2, -0.15) is 0 Å². The van der Waals surface area contributed by atoms with Crippen molar-refractivity contribution in [3.05, 3.63) is 63.2 Å². The van der Waals surface area contributed by atoms with Gasteiger partial charge >= 0.3 is 11.9 Å². The van der Waals surface area contributed by atoms with Crippen molar-refractivity contribution < 1.29 is 19.1 Å². The van der Waals surface area contributed by atoms with Crippen LogP contribution in [0.5, 0.6) is 0 Å². The Morgan fingerprint density at radius 1 is 0.700 bits per heavy atom. The summed E-state index contributed by atoms with van der Waals surface area (Å²) in [7, 11) is 0. The predicted octanol–water partition coefficient (Wildman–Crippen LogP) is 1.66. The lowest BCUT2D eigenvalue weighted by atomic mass is 10.1. The Kier molecular flexibility index (Phi) is 6.34. The summed E-state index contributed by atoms with van der Waals surface area (Å²) in [5.74, 6) is 0.493. The molecule has 20 heavy (non-hydrogen) atoms. The van der Waals surface area contributed by atoms with Gasteiger partial charge in [-0.25, -0.2) is 0 Å². The Morgan fingerprint density at radius 2 is 1.05 bits per heavy atom. The lowest BCUT2D eigenvalue weighted by Gasteiger charge is -2.10. The van der Waals surface area contributed by atoms with E-state index >= 15 is 0 Å². The Hall–Kier alpha value is -1.06. The van der Waals surface area contributed by atoms with Gasteiger partial charge in [0.2, 0.25) is 0 Å². The number of unbranched alkanes of at least 4 members (excludes halogenated alkanes) is 1. The van der Waals surface area contributed by atoms with Gasteiger partial charge in [0.15, 0.2) is 0 Å². The molecule has 0 aromatic carbocycles. The molecule has 0 aromatic heterocycles. The van der Waals surface area contributed by atoms with Crippen LogP contribution in [-0.4, -0.2) is 25.2 Å². The Labute approximate surface area is 121 Å². The molecule has 2 rings (SSSR count). The fourth-order valence-corrected chi connectivity index (χ4v) is 1.72. The quantitative estimate of drug-likeness (QED) is 0.522. The van der Waals surface area contributed by atoms with Crippen molar-refractivity contribution in [2.75, 3.05) is 13.2 Å². The number of carbonyl (C=O) groups is 2. The van der Waals surface area contributed by atoms with Crippen LogP contribution in [0.15, 0.2) is 0 Å². The van der Waals surface area contributed by atoms with E-state index < -0.39 is 0 Å². The fraction of sp³-hybridized carbons (Fsp3) is 0.250. The largest absolute Gasteiger partial charge is 0.465 e. The Balaban J connectivity index is 1.45. The first-order chi connectivity index (χ1) is 9.77. The third-order valence-corrected chi connectivity index (χ3v) is 2.80. The molecule has 0 unspecified atom stereocenters. The molecule has 2 aliphatic rings. The van der Waals surface area contributed by atoms with E-state index in [1.165, 1.54) is 0 Å². The summed E-state index contributed by atoms with van der Waals surface area (Å²) < 4.78 is 10.2. The van der Waals surface area contributed by atoms with E-state index in [2.05, 4.69) is 0 Å². The van der Waals surface area contributed by atoms with E-state index in [9.17, 15) is 9.59 Å². The number of carbonyl (C=O) groups excluding carboxylic acids is 2. The van der Waals surface area contributed by atoms with Crippen LogP contribution in [0.4, 0.5) is 0 Å². The maximum atomic E-state index is 11.5. The second kappa shape index (κ2) is 8.28. The summed E-state index contributed by atoms with van der Waals surface area (Å²) >= 11 is 0. The average Bonchev–Trinajstić information content (AvgIpc) is 3.14. The third kappa shape index (κ3) is 4.80. The van der Waals surface area contributed by atoms with Crippen LogP contribution in [0, 0.1) is 63.2 Å². The molecule has 0 bridgehead atoms. The molecule has 2 aliphatic carbocycles. The van der Waals surface area contributed by atoms with E-state index in [0.717, 1.165) is 0 Å². The van der Waals surface area contributed by atoms with Crippen molar-refractivity contribution in [1.29, 1.82) is 0 Å². The van der Waals surface area contributed by atoms with Gasteiger partial charge in [-0.1, -0.05) is 0 Å². The summed E-state index contributed by atoms with van der Waals surface area (Å²) in [6, 6.07) is 0. The summed E-state index contributed by atoms with van der Waals surface area (Å²) in [6.07, 6.45) is 15.3. The molecule has 104 valence electrons. The molecule has 0 saturated heterocycles. The van der Waals surface area contributed by atoms with E-state index in [1.807, 2.05) is 0 Å². The highest BCUT2D eigenvalue weighted by Crippen LogP contribution is 2.25. The van der Waals surface area contributed by atoms with E-state index in [0.29, 0.717) is 37.9 Å². The summed E-state index contributed by atoms with van der Waals surface area (Å²) in [5.41, 5.74) is 0. The van der Waals surface area contributed by atoms with Gasteiger partial charge in [-0.3, -0.25) is 9.59 Å². The number of hydrogen-bond donors (Lipinski definition) is 0. The van der Waals surface area contributed by atoms with Crippen molar-refractivity contribution >= 4 is 11.9 Å². The molecular weight excluding hydrogens is 256 g/mol. The smallest absolute Gasteiger partial charge is 0.313 e. The molecule has 4 heteroatoms. The van der Waals surface area contributed by atoms with Crippen LogP contribution in [0.25, 0.3) is 0 Å². The lowest BCUT2D eigenvalue weighted by molar-refractivity contribution is -0.143. The van der Waals surface area contributed by atoms with Gasteiger partial charge in [0.05, 0.1) is 25.0 Å². The van der Waals surface area contributed by atoms with Gasteiger partial charge in [0.1, 0.15) is 0 Å². The summed E-state index contributed by atoms with van der Waals surface area (Å²) in [6.45, 7) is 0.663. The van der Waals surface area contributed by atoms with Gasteiger partial charge in [-0.05, 0) is 64.2 Å². The van der Waals surface area contributed by atoms with Crippen LogP contribution in [0.1, 0.15) is 12.8 Å². The number of rotatable bonds is 7. The van der Waals surface area contributed by atoms with E-state index in [4.69, 9.17) is 9.47 Å². The Morgan fingerprint density at radius 3 is 1.40 bits per heavy atom. The predicted molar refractivity (Wildman–Crippen MR) is 72.0 cm³/mol. The van der Waals surface area contributed by atoms with Crippen LogP contribution in [-0.2, 0) is 19.1 Å². The van der Waals surface area contributed by atoms with Crippen LogP contribution >= 0.6 is 0 Å². The standard InChI is InChI=1S/C16H16O4/c17-15(13-7-1-2-8-13)19-11-5-6-12-20-16(18)14-9-3-4-10-14/h1-4,7-10H,5-6,11-12H2. The van der Waals surface area contributed by atoms with Crippen molar-refractivity contribution in [3.63, 3.8) is 0 Å². The SMILES string of the molecule is O=C(OCCCCOC(=O)[C]1[CH][CH][CH][CH]1)[C]1[CH][CH][CH][CH]1. The van der Waals surface area contributed by atoms with Gasteiger partial charge in [0.25, 0.3) is 0 Å². The number of hydrogen-bond acceptors (Lipinski definition) is 4. The first-order valence-electron chi connectivity index (χ1n) is 6.55. The monoisotopic (exact) mass is 272 g/mol. The molecule has 0 spiro atoms. The molecule has 0 aliphatic heterocycles. The normalized spacial score (nSPS) is 20.2. The van der Waals surface area contributed by atoms with Crippen LogP contribution in [0.2, 0.25) is 0 Å². The van der Waals surface area contributed by atoms with E-state index in [1.54, 1.807) is 51.4 Å². The highest BCUT2D eigenvalue weighted by atomic mass is 16.5. The molecule has 2 fully saturated rings. The summed E-state index contributed by atoms with van der Waals surface area (Å²) in [5, 5.41) is 0. The summed E-state index contributed by atoms with van der Waals surface area (Å²) in [4.78, 5) is 23.0. The second-order valence-corrected chi connectivity index (χ2v) is 4.33. The Bertz CT molecular complexity index is 282. The number of ether oxygens (including phenoxy) is 2. The third-order valence-electron chi connectivity index (χ3n) is 2.80. The molecule has 0 heterocycles.